The normalized spacial score (nSPS) is 16.7. The number of halogens is 1. The Morgan fingerprint density at radius 1 is 1.33 bits per heavy atom. The van der Waals surface area contributed by atoms with E-state index >= 15 is 0 Å². The molecule has 2 N–H and O–H groups in total. The summed E-state index contributed by atoms with van der Waals surface area (Å²) >= 11 is 3.50. The van der Waals surface area contributed by atoms with Gasteiger partial charge in [0.15, 0.2) is 0 Å². The van der Waals surface area contributed by atoms with Crippen LogP contribution in [0.5, 0.6) is 0 Å². The molecule has 1 heterocycles. The third-order valence-electron chi connectivity index (χ3n) is 3.42. The lowest BCUT2D eigenvalue weighted by molar-refractivity contribution is -0.105. The van der Waals surface area contributed by atoms with Crippen molar-refractivity contribution in [2.24, 2.45) is 0 Å². The molecule has 0 unspecified atom stereocenters. The van der Waals surface area contributed by atoms with Gasteiger partial charge in [-0.3, -0.25) is 4.79 Å². The van der Waals surface area contributed by atoms with Crippen LogP contribution in [0, 0.1) is 0 Å². The summed E-state index contributed by atoms with van der Waals surface area (Å²) < 4.78 is 0.905. The van der Waals surface area contributed by atoms with E-state index in [1.165, 1.54) is 36.1 Å². The fourth-order valence-corrected chi connectivity index (χ4v) is 2.76. The van der Waals surface area contributed by atoms with E-state index < -0.39 is 0 Å². The average Bonchev–Trinajstić information content (AvgIpc) is 2.29. The van der Waals surface area contributed by atoms with Gasteiger partial charge in [-0.25, -0.2) is 0 Å². The highest BCUT2D eigenvalue weighted by Gasteiger charge is 2.20. The number of nitrogens with one attached hydrogen (secondary N) is 2. The maximum Gasteiger partial charge on any atom is 0.211 e. The van der Waals surface area contributed by atoms with Crippen LogP contribution < -0.4 is 10.6 Å². The van der Waals surface area contributed by atoms with E-state index in [1.54, 1.807) is 0 Å². The summed E-state index contributed by atoms with van der Waals surface area (Å²) in [5.74, 6) is 0. The maximum atomic E-state index is 10.6. The molecule has 18 heavy (non-hydrogen) atoms. The van der Waals surface area contributed by atoms with Crippen molar-refractivity contribution in [3.63, 3.8) is 0 Å². The quantitative estimate of drug-likeness (QED) is 0.821. The summed E-state index contributed by atoms with van der Waals surface area (Å²) in [5.41, 5.74) is 5.86. The predicted octanol–water partition coefficient (Wildman–Crippen LogP) is 3.49. The van der Waals surface area contributed by atoms with Gasteiger partial charge in [-0.15, -0.1) is 0 Å². The lowest BCUT2D eigenvalue weighted by Crippen LogP contribution is -2.15. The largest absolute Gasteiger partial charge is 0.361 e. The van der Waals surface area contributed by atoms with Gasteiger partial charge in [0.05, 0.1) is 5.69 Å². The van der Waals surface area contributed by atoms with E-state index in [1.807, 2.05) is 18.3 Å². The minimum absolute atomic E-state index is 0.697. The molecule has 1 fully saturated rings. The molecule has 0 aromatic heterocycles. The Balaban J connectivity index is 2.11. The molecule has 0 saturated heterocycles. The van der Waals surface area contributed by atoms with Crippen LogP contribution in [0.25, 0.3) is 11.8 Å². The molecule has 0 bridgehead atoms. The Morgan fingerprint density at radius 2 is 2.17 bits per heavy atom. The average molecular weight is 305 g/mol. The summed E-state index contributed by atoms with van der Waals surface area (Å²) in [7, 11) is 0. The molecule has 92 valence electrons. The van der Waals surface area contributed by atoms with Crippen LogP contribution in [0.3, 0.4) is 0 Å². The summed E-state index contributed by atoms with van der Waals surface area (Å²) in [5, 5.41) is 6.04. The molecule has 0 spiro atoms. The second-order valence-corrected chi connectivity index (χ2v) is 5.35. The first kappa shape index (κ1) is 11.5. The number of hydrogen-bond donors (Lipinski definition) is 2. The molecule has 0 atom stereocenters. The topological polar surface area (TPSA) is 41.1 Å². The van der Waals surface area contributed by atoms with Crippen molar-refractivity contribution in [3.05, 3.63) is 39.5 Å². The van der Waals surface area contributed by atoms with E-state index in [0.717, 1.165) is 15.7 Å². The summed E-state index contributed by atoms with van der Waals surface area (Å²) in [6.07, 6.45) is 8.33. The van der Waals surface area contributed by atoms with Crippen molar-refractivity contribution in [1.29, 1.82) is 0 Å². The molecule has 2 aliphatic rings. The Kier molecular flexibility index (Phi) is 2.96. The summed E-state index contributed by atoms with van der Waals surface area (Å²) in [6, 6.07) is 4.06. The monoisotopic (exact) mass is 304 g/mol. The number of anilines is 1. The van der Waals surface area contributed by atoms with Crippen LogP contribution in [0.15, 0.2) is 28.4 Å². The molecule has 3 nitrogen and oxygen atoms in total. The van der Waals surface area contributed by atoms with Crippen molar-refractivity contribution in [2.75, 3.05) is 5.32 Å². The molecule has 1 aromatic carbocycles. The molecule has 1 aliphatic carbocycles. The summed E-state index contributed by atoms with van der Waals surface area (Å²) in [4.78, 5) is 10.6. The van der Waals surface area contributed by atoms with Crippen molar-refractivity contribution < 1.29 is 4.79 Å². The van der Waals surface area contributed by atoms with E-state index in [-0.39, 0.29) is 0 Å². The van der Waals surface area contributed by atoms with Gasteiger partial charge in [-0.2, -0.15) is 0 Å². The minimum atomic E-state index is 0.697. The third kappa shape index (κ3) is 1.86. The number of allylic oxidation sites excluding steroid dienone is 1. The van der Waals surface area contributed by atoms with Crippen LogP contribution in [0.1, 0.15) is 30.4 Å². The van der Waals surface area contributed by atoms with Gasteiger partial charge in [0.1, 0.15) is 0 Å². The molecule has 1 saturated carbocycles. The van der Waals surface area contributed by atoms with Crippen molar-refractivity contribution >= 4 is 39.8 Å². The Morgan fingerprint density at radius 3 is 2.83 bits per heavy atom. The Bertz CT molecular complexity index is 569. The highest BCUT2D eigenvalue weighted by Crippen LogP contribution is 2.38. The van der Waals surface area contributed by atoms with E-state index in [0.29, 0.717) is 6.41 Å². The number of carbonyl (C=O) groups is 1. The SMILES string of the molecule is O=CNc1cc2c(cc1Br)C(=C1CCC1)NC=C2. The zero-order chi connectivity index (χ0) is 12.5. The maximum absolute atomic E-state index is 10.6. The van der Waals surface area contributed by atoms with Crippen molar-refractivity contribution in [1.82, 2.24) is 5.32 Å². The van der Waals surface area contributed by atoms with Gasteiger partial charge >= 0.3 is 0 Å². The second kappa shape index (κ2) is 4.61. The second-order valence-electron chi connectivity index (χ2n) is 4.49. The number of carbonyl (C=O) groups excluding carboxylic acids is 1. The Hall–Kier alpha value is -1.55. The van der Waals surface area contributed by atoms with Gasteiger partial charge in [0.2, 0.25) is 6.41 Å². The fourth-order valence-electron chi connectivity index (χ4n) is 2.31. The van der Waals surface area contributed by atoms with Crippen molar-refractivity contribution in [3.8, 4) is 0 Å². The standard InChI is InChI=1S/C14H13BrN2O/c15-12-7-11-10(6-13(12)17-8-18)4-5-16-14(11)9-2-1-3-9/h4-8,16H,1-3H2,(H,17,18). The summed E-state index contributed by atoms with van der Waals surface area (Å²) in [6.45, 7) is 0. The zero-order valence-electron chi connectivity index (χ0n) is 9.79. The lowest BCUT2D eigenvalue weighted by atomic mass is 9.86. The highest BCUT2D eigenvalue weighted by atomic mass is 79.9. The first-order valence-electron chi connectivity index (χ1n) is 5.99. The van der Waals surface area contributed by atoms with Gasteiger partial charge in [-0.05, 0) is 64.5 Å². The first-order chi connectivity index (χ1) is 8.79. The van der Waals surface area contributed by atoms with Gasteiger partial charge in [0, 0.05) is 21.9 Å². The molecule has 0 radical (unpaired) electrons. The Labute approximate surface area is 114 Å². The molecular weight excluding hydrogens is 292 g/mol. The molecular formula is C14H13BrN2O. The van der Waals surface area contributed by atoms with E-state index in [9.17, 15) is 4.79 Å². The number of fused-ring (bicyclic) bond motifs is 1. The zero-order valence-corrected chi connectivity index (χ0v) is 11.4. The first-order valence-corrected chi connectivity index (χ1v) is 6.78. The lowest BCUT2D eigenvalue weighted by Gasteiger charge is -2.26. The molecule has 4 heteroatoms. The molecule has 1 aromatic rings. The van der Waals surface area contributed by atoms with Crippen LogP contribution in [-0.2, 0) is 4.79 Å². The van der Waals surface area contributed by atoms with Crippen LogP contribution in [0.2, 0.25) is 0 Å². The molecule has 3 rings (SSSR count). The number of hydrogen-bond acceptors (Lipinski definition) is 2. The van der Waals surface area contributed by atoms with Crippen LogP contribution in [-0.4, -0.2) is 6.41 Å². The van der Waals surface area contributed by atoms with E-state index in [2.05, 4.69) is 32.6 Å². The van der Waals surface area contributed by atoms with Crippen molar-refractivity contribution in [2.45, 2.75) is 19.3 Å². The number of benzene rings is 1. The smallest absolute Gasteiger partial charge is 0.211 e. The molecule has 1 aliphatic heterocycles. The van der Waals surface area contributed by atoms with Gasteiger partial charge in [0.25, 0.3) is 0 Å². The number of amides is 1. The van der Waals surface area contributed by atoms with Crippen LogP contribution >= 0.6 is 15.9 Å². The van der Waals surface area contributed by atoms with Gasteiger partial charge in [-0.1, -0.05) is 0 Å². The third-order valence-corrected chi connectivity index (χ3v) is 4.08. The number of rotatable bonds is 2. The van der Waals surface area contributed by atoms with E-state index in [4.69, 9.17) is 0 Å². The molecule has 1 amide bonds. The fraction of sp³-hybridized carbons (Fsp3) is 0.214. The van der Waals surface area contributed by atoms with Gasteiger partial charge < -0.3 is 10.6 Å². The minimum Gasteiger partial charge on any atom is -0.361 e. The predicted molar refractivity (Wildman–Crippen MR) is 76.8 cm³/mol. The highest BCUT2D eigenvalue weighted by molar-refractivity contribution is 9.10. The van der Waals surface area contributed by atoms with Crippen LogP contribution in [0.4, 0.5) is 5.69 Å².